The van der Waals surface area contributed by atoms with Crippen LogP contribution in [0.2, 0.25) is 0 Å². The van der Waals surface area contributed by atoms with Gasteiger partial charge in [0.05, 0.1) is 6.04 Å². The first-order valence-corrected chi connectivity index (χ1v) is 8.74. The molecule has 0 radical (unpaired) electrons. The Morgan fingerprint density at radius 3 is 2.54 bits per heavy atom. The predicted molar refractivity (Wildman–Crippen MR) is 98.0 cm³/mol. The minimum Gasteiger partial charge on any atom is -0.325 e. The second-order valence-electron chi connectivity index (χ2n) is 7.04. The summed E-state index contributed by atoms with van der Waals surface area (Å²) in [7, 11) is 0. The number of alkyl halides is 2. The first-order chi connectivity index (χ1) is 12.3. The molecule has 1 unspecified atom stereocenters. The van der Waals surface area contributed by atoms with E-state index in [2.05, 4.69) is 10.3 Å². The maximum atomic E-state index is 13.3. The number of anilines is 1. The van der Waals surface area contributed by atoms with Crippen molar-refractivity contribution in [1.29, 1.82) is 0 Å². The number of aryl methyl sites for hydroxylation is 2. The van der Waals surface area contributed by atoms with E-state index < -0.39 is 23.8 Å². The quantitative estimate of drug-likeness (QED) is 0.865. The van der Waals surface area contributed by atoms with Crippen LogP contribution < -0.4 is 11.1 Å². The van der Waals surface area contributed by atoms with E-state index in [0.29, 0.717) is 5.69 Å². The smallest absolute Gasteiger partial charge is 0.248 e. The normalized spacial score (nSPS) is 20.0. The summed E-state index contributed by atoms with van der Waals surface area (Å²) in [5, 5.41) is 2.73. The molecular formula is C20H23F2N3O. The zero-order chi connectivity index (χ0) is 18.9. The van der Waals surface area contributed by atoms with Crippen molar-refractivity contribution in [3.05, 3.63) is 47.8 Å². The minimum atomic E-state index is -2.70. The van der Waals surface area contributed by atoms with E-state index in [4.69, 9.17) is 5.73 Å². The van der Waals surface area contributed by atoms with Gasteiger partial charge < -0.3 is 11.1 Å². The predicted octanol–water partition coefficient (Wildman–Crippen LogP) is 4.07. The van der Waals surface area contributed by atoms with Gasteiger partial charge >= 0.3 is 0 Å². The van der Waals surface area contributed by atoms with E-state index >= 15 is 0 Å². The van der Waals surface area contributed by atoms with Crippen molar-refractivity contribution < 1.29 is 13.6 Å². The van der Waals surface area contributed by atoms with Crippen molar-refractivity contribution in [3.63, 3.8) is 0 Å². The van der Waals surface area contributed by atoms with Gasteiger partial charge in [-0.1, -0.05) is 12.1 Å². The number of benzene rings is 1. The topological polar surface area (TPSA) is 68.0 Å². The summed E-state index contributed by atoms with van der Waals surface area (Å²) in [6.07, 6.45) is 1.54. The lowest BCUT2D eigenvalue weighted by molar-refractivity contribution is -0.118. The first-order valence-electron chi connectivity index (χ1n) is 8.74. The lowest BCUT2D eigenvalue weighted by Gasteiger charge is -2.19. The number of nitrogens with zero attached hydrogens (tertiary/aromatic N) is 1. The van der Waals surface area contributed by atoms with Gasteiger partial charge in [-0.15, -0.1) is 0 Å². The molecule has 1 saturated carbocycles. The van der Waals surface area contributed by atoms with Crippen molar-refractivity contribution in [2.24, 2.45) is 11.7 Å². The van der Waals surface area contributed by atoms with Gasteiger partial charge in [0.15, 0.2) is 0 Å². The number of aromatic nitrogens is 1. The Morgan fingerprint density at radius 2 is 1.96 bits per heavy atom. The first kappa shape index (κ1) is 18.5. The summed E-state index contributed by atoms with van der Waals surface area (Å²) < 4.78 is 26.6. The van der Waals surface area contributed by atoms with Crippen molar-refractivity contribution in [1.82, 2.24) is 4.98 Å². The van der Waals surface area contributed by atoms with Gasteiger partial charge in [0, 0.05) is 36.0 Å². The Balaban J connectivity index is 1.69. The molecule has 2 atom stereocenters. The fraction of sp³-hybridized carbons (Fsp3) is 0.400. The third-order valence-corrected chi connectivity index (χ3v) is 5.04. The zero-order valence-corrected chi connectivity index (χ0v) is 14.9. The van der Waals surface area contributed by atoms with Crippen LogP contribution in [0.5, 0.6) is 0 Å². The molecule has 0 bridgehead atoms. The molecule has 26 heavy (non-hydrogen) atoms. The van der Waals surface area contributed by atoms with Crippen LogP contribution in [-0.2, 0) is 4.79 Å². The second-order valence-corrected chi connectivity index (χ2v) is 7.04. The van der Waals surface area contributed by atoms with E-state index in [0.717, 1.165) is 22.4 Å². The Morgan fingerprint density at radius 1 is 1.27 bits per heavy atom. The van der Waals surface area contributed by atoms with Crippen LogP contribution in [0.3, 0.4) is 0 Å². The van der Waals surface area contributed by atoms with Gasteiger partial charge in [-0.05, 0) is 55.5 Å². The van der Waals surface area contributed by atoms with Crippen LogP contribution in [0.1, 0.15) is 30.5 Å². The third-order valence-electron chi connectivity index (χ3n) is 5.04. The average molecular weight is 359 g/mol. The summed E-state index contributed by atoms with van der Waals surface area (Å²) in [4.78, 5) is 16.6. The molecule has 0 saturated heterocycles. The van der Waals surface area contributed by atoms with Crippen LogP contribution in [0, 0.1) is 19.8 Å². The zero-order valence-electron chi connectivity index (χ0n) is 14.9. The van der Waals surface area contributed by atoms with Crippen molar-refractivity contribution in [2.75, 3.05) is 5.32 Å². The molecule has 1 heterocycles. The van der Waals surface area contributed by atoms with Gasteiger partial charge in [-0.2, -0.15) is 0 Å². The van der Waals surface area contributed by atoms with Crippen molar-refractivity contribution in [3.8, 4) is 11.1 Å². The standard InChI is InChI=1S/C20H23F2N3O/c1-12-8-10-24-13(2)17(12)14-3-5-16(6-4-14)25-19(26)18(23)15-7-9-20(21,22)11-15/h3-6,8,10,15,18H,7,9,11,23H2,1-2H3,(H,25,26)/t15?,18-/m0/s1. The van der Waals surface area contributed by atoms with E-state index in [-0.39, 0.29) is 19.3 Å². The molecule has 138 valence electrons. The fourth-order valence-corrected chi connectivity index (χ4v) is 3.58. The van der Waals surface area contributed by atoms with Gasteiger partial charge in [-0.3, -0.25) is 9.78 Å². The Bertz CT molecular complexity index is 785. The van der Waals surface area contributed by atoms with Gasteiger partial charge in [0.2, 0.25) is 11.8 Å². The van der Waals surface area contributed by atoms with Crippen molar-refractivity contribution >= 4 is 11.6 Å². The molecule has 1 aliphatic carbocycles. The molecule has 3 rings (SSSR count). The van der Waals surface area contributed by atoms with E-state index in [9.17, 15) is 13.6 Å². The lowest BCUT2D eigenvalue weighted by Crippen LogP contribution is -2.41. The van der Waals surface area contributed by atoms with E-state index in [1.54, 1.807) is 18.3 Å². The number of amides is 1. The second kappa shape index (κ2) is 7.11. The van der Waals surface area contributed by atoms with E-state index in [1.165, 1.54) is 0 Å². The highest BCUT2D eigenvalue weighted by Crippen LogP contribution is 2.40. The fourth-order valence-electron chi connectivity index (χ4n) is 3.58. The number of pyridine rings is 1. The van der Waals surface area contributed by atoms with Crippen LogP contribution >= 0.6 is 0 Å². The number of carbonyl (C=O) groups is 1. The molecule has 6 heteroatoms. The Labute approximate surface area is 151 Å². The number of halogens is 2. The summed E-state index contributed by atoms with van der Waals surface area (Å²) in [6.45, 7) is 3.98. The highest BCUT2D eigenvalue weighted by molar-refractivity contribution is 5.95. The van der Waals surface area contributed by atoms with Crippen LogP contribution in [0.15, 0.2) is 36.5 Å². The molecule has 1 amide bonds. The molecular weight excluding hydrogens is 336 g/mol. The molecule has 1 aliphatic rings. The molecule has 0 spiro atoms. The maximum absolute atomic E-state index is 13.3. The van der Waals surface area contributed by atoms with Gasteiger partial charge in [-0.25, -0.2) is 8.78 Å². The third kappa shape index (κ3) is 3.90. The number of nitrogens with two attached hydrogens (primary N) is 1. The Hall–Kier alpha value is -2.34. The van der Waals surface area contributed by atoms with Gasteiger partial charge in [0.1, 0.15) is 0 Å². The number of nitrogens with one attached hydrogen (secondary N) is 1. The summed E-state index contributed by atoms with van der Waals surface area (Å²) in [6, 6.07) is 8.41. The lowest BCUT2D eigenvalue weighted by atomic mass is 9.97. The molecule has 0 aliphatic heterocycles. The number of rotatable bonds is 4. The molecule has 1 aromatic carbocycles. The SMILES string of the molecule is Cc1ccnc(C)c1-c1ccc(NC(=O)[C@@H](N)C2CCC(F)(F)C2)cc1. The number of hydrogen-bond donors (Lipinski definition) is 2. The molecule has 2 aromatic rings. The Kier molecular flexibility index (Phi) is 5.05. The maximum Gasteiger partial charge on any atom is 0.248 e. The average Bonchev–Trinajstić information content (AvgIpc) is 2.95. The molecule has 4 nitrogen and oxygen atoms in total. The highest BCUT2D eigenvalue weighted by Gasteiger charge is 2.43. The number of hydrogen-bond acceptors (Lipinski definition) is 3. The molecule has 1 fully saturated rings. The summed E-state index contributed by atoms with van der Waals surface area (Å²) in [5.74, 6) is -3.61. The molecule has 1 aromatic heterocycles. The van der Waals surface area contributed by atoms with Crippen LogP contribution in [0.4, 0.5) is 14.5 Å². The largest absolute Gasteiger partial charge is 0.325 e. The van der Waals surface area contributed by atoms with E-state index in [1.807, 2.05) is 32.0 Å². The summed E-state index contributed by atoms with van der Waals surface area (Å²) >= 11 is 0. The van der Waals surface area contributed by atoms with Crippen LogP contribution in [-0.4, -0.2) is 22.9 Å². The monoisotopic (exact) mass is 359 g/mol. The summed E-state index contributed by atoms with van der Waals surface area (Å²) in [5.41, 5.74) is 10.6. The van der Waals surface area contributed by atoms with Gasteiger partial charge in [0.25, 0.3) is 0 Å². The number of carbonyl (C=O) groups excluding carboxylic acids is 1. The minimum absolute atomic E-state index is 0.197. The van der Waals surface area contributed by atoms with Crippen molar-refractivity contribution in [2.45, 2.75) is 45.1 Å². The highest BCUT2D eigenvalue weighted by atomic mass is 19.3. The van der Waals surface area contributed by atoms with Crippen LogP contribution in [0.25, 0.3) is 11.1 Å². The molecule has 3 N–H and O–H groups in total.